The van der Waals surface area contributed by atoms with Crippen molar-refractivity contribution in [1.29, 1.82) is 0 Å². The van der Waals surface area contributed by atoms with Gasteiger partial charge in [0.1, 0.15) is 82.4 Å². The van der Waals surface area contributed by atoms with Crippen molar-refractivity contribution in [2.24, 2.45) is 0 Å². The number of nitrogens with two attached hydrogens (primary N) is 2. The van der Waals surface area contributed by atoms with Gasteiger partial charge >= 0.3 is 5.97 Å². The lowest BCUT2D eigenvalue weighted by atomic mass is 10.1. The van der Waals surface area contributed by atoms with Gasteiger partial charge in [-0.3, -0.25) is 9.69 Å². The largest absolute Gasteiger partial charge is 0.489 e. The fraction of sp³-hybridized carbons (Fsp3) is 0.193. The van der Waals surface area contributed by atoms with Crippen LogP contribution >= 0.6 is 0 Å². The van der Waals surface area contributed by atoms with Crippen LogP contribution in [-0.4, -0.2) is 66.1 Å². The molecule has 3 heterocycles. The van der Waals surface area contributed by atoms with Crippen LogP contribution in [0.4, 0.5) is 26.1 Å². The number of hydrogen-bond donors (Lipinski definition) is 3. The van der Waals surface area contributed by atoms with Gasteiger partial charge in [-0.15, -0.1) is 0 Å². The molecule has 6 aromatic carbocycles. The number of aliphatic carboxylic acids is 1. The first-order chi connectivity index (χ1) is 36.0. The van der Waals surface area contributed by atoms with Gasteiger partial charge in [0.15, 0.2) is 5.82 Å². The minimum atomic E-state index is -0.787. The van der Waals surface area contributed by atoms with E-state index in [9.17, 15) is 13.6 Å². The number of carboxylic acid groups (broad SMARTS) is 1. The summed E-state index contributed by atoms with van der Waals surface area (Å²) in [5.41, 5.74) is 19.0. The Morgan fingerprint density at radius 3 is 1.52 bits per heavy atom. The van der Waals surface area contributed by atoms with Gasteiger partial charge < -0.3 is 40.4 Å². The first-order valence-electron chi connectivity index (χ1n) is 23.7. The number of halogens is 2. The van der Waals surface area contributed by atoms with E-state index in [0.717, 1.165) is 28.0 Å². The maximum Gasteiger partial charge on any atom is 0.317 e. The molecule has 0 saturated heterocycles. The summed E-state index contributed by atoms with van der Waals surface area (Å²) in [6, 6.07) is 42.2. The minimum Gasteiger partial charge on any atom is -0.489 e. The van der Waals surface area contributed by atoms with Crippen molar-refractivity contribution in [2.75, 3.05) is 32.1 Å². The number of nitrogen functional groups attached to an aromatic ring is 2. The zero-order valence-electron chi connectivity index (χ0n) is 42.2. The van der Waals surface area contributed by atoms with Crippen LogP contribution in [0.1, 0.15) is 62.0 Å². The van der Waals surface area contributed by atoms with E-state index < -0.39 is 17.6 Å². The Labute approximate surface area is 433 Å². The Morgan fingerprint density at radius 2 is 1.09 bits per heavy atom. The molecule has 5 N–H and O–H groups in total. The van der Waals surface area contributed by atoms with Crippen LogP contribution < -0.4 is 30.4 Å². The fourth-order valence-corrected chi connectivity index (χ4v) is 7.41. The average molecular weight is 1020 g/mol. The van der Waals surface area contributed by atoms with E-state index in [0.29, 0.717) is 76.1 Å². The van der Waals surface area contributed by atoms with E-state index in [1.807, 2.05) is 86.6 Å². The lowest BCUT2D eigenvalue weighted by molar-refractivity contribution is -0.137. The molecule has 0 radical (unpaired) electrons. The minimum absolute atomic E-state index is 0.0978. The van der Waals surface area contributed by atoms with Crippen LogP contribution in [0.3, 0.4) is 0 Å². The number of hydrogen-bond acceptors (Lipinski definition) is 12. The van der Waals surface area contributed by atoms with Crippen molar-refractivity contribution in [3.8, 4) is 45.9 Å². The third-order valence-corrected chi connectivity index (χ3v) is 10.9. The highest BCUT2D eigenvalue weighted by Gasteiger charge is 2.21. The van der Waals surface area contributed by atoms with Gasteiger partial charge in [-0.2, -0.15) is 9.78 Å². The summed E-state index contributed by atoms with van der Waals surface area (Å²) >= 11 is 0. The van der Waals surface area contributed by atoms with Crippen molar-refractivity contribution in [3.05, 3.63) is 197 Å². The van der Waals surface area contributed by atoms with Crippen LogP contribution in [0.25, 0.3) is 27.3 Å². The van der Waals surface area contributed by atoms with Gasteiger partial charge in [0.2, 0.25) is 0 Å². The van der Waals surface area contributed by atoms with Crippen LogP contribution in [-0.2, 0) is 18.0 Å². The van der Waals surface area contributed by atoms with Gasteiger partial charge in [-0.1, -0.05) is 100 Å². The van der Waals surface area contributed by atoms with E-state index in [1.165, 1.54) is 35.3 Å². The summed E-state index contributed by atoms with van der Waals surface area (Å²) in [5.74, 6) is 1.68. The second kappa shape index (κ2) is 24.9. The Bertz CT molecular complexity index is 3380. The molecule has 18 heteroatoms. The first-order valence-corrected chi connectivity index (χ1v) is 23.7. The van der Waals surface area contributed by atoms with E-state index in [4.69, 9.17) is 47.2 Å². The second-order valence-electron chi connectivity index (χ2n) is 17.8. The van der Waals surface area contributed by atoms with Crippen molar-refractivity contribution < 1.29 is 37.6 Å². The van der Waals surface area contributed by atoms with E-state index >= 15 is 0 Å². The Kier molecular flexibility index (Phi) is 17.7. The first kappa shape index (κ1) is 53.5. The SMILES string of the molecule is CC(C)c1nn(-c2ccc(Oc3cc(F)cc(OCc4ccccc4)c3)cc2)c2c(N)ncnc12.CN(C)CC(=O)O.[C-]#[N+]c1c(N)c(C(C)C)nn1-c1ccc(Oc2cc(F)cc(OCc3ccccc3)c2)cc1. The fourth-order valence-electron chi connectivity index (χ4n) is 7.41. The maximum absolute atomic E-state index is 14.2. The summed E-state index contributed by atoms with van der Waals surface area (Å²) < 4.78 is 54.8. The summed E-state index contributed by atoms with van der Waals surface area (Å²) in [6.45, 7) is 16.3. The van der Waals surface area contributed by atoms with Gasteiger partial charge in [0, 0.05) is 42.3 Å². The molecular formula is C57H56F2N10O6. The molecule has 3 aromatic heterocycles. The maximum atomic E-state index is 14.2. The van der Waals surface area contributed by atoms with E-state index in [1.54, 1.807) is 72.2 Å². The number of aromatic nitrogens is 6. The average Bonchev–Trinajstić information content (AvgIpc) is 3.95. The standard InChI is InChI=1S/C27H24FN5O2.C26H23FN4O2.C4H9NO2/c1-17(2)24-25-26(27(29)31-16-30-25)33(32-24)20-8-10-21(11-9-20)35-23-13-19(28)12-22(14-23)34-15-18-6-4-3-5-7-18;1-17(2)25-24(28)26(29-3)31(30-25)20-9-11-21(12-10-20)33-23-14-19(27)13-22(15-23)32-16-18-7-5-4-6-8-18;1-5(2)3-4(6)7/h3-14,16-17H,15H2,1-2H3,(H2,29,30,31);4-15,17H,16,28H2,1-2H3;3H2,1-2H3,(H,6,7). The number of carbonyl (C=O) groups is 1. The summed E-state index contributed by atoms with van der Waals surface area (Å²) in [6.07, 6.45) is 1.45. The molecule has 0 bridgehead atoms. The molecule has 9 aromatic rings. The molecule has 0 amide bonds. The highest BCUT2D eigenvalue weighted by atomic mass is 19.1. The Balaban J connectivity index is 0.000000194. The van der Waals surface area contributed by atoms with Crippen molar-refractivity contribution in [3.63, 3.8) is 0 Å². The van der Waals surface area contributed by atoms with Gasteiger partial charge in [-0.25, -0.2) is 23.4 Å². The van der Waals surface area contributed by atoms with E-state index in [-0.39, 0.29) is 24.2 Å². The molecule has 0 aliphatic rings. The number of carboxylic acids is 1. The van der Waals surface area contributed by atoms with Crippen molar-refractivity contribution in [1.82, 2.24) is 34.4 Å². The summed E-state index contributed by atoms with van der Waals surface area (Å²) in [7, 11) is 3.43. The molecule has 0 saturated carbocycles. The second-order valence-corrected chi connectivity index (χ2v) is 17.8. The number of likely N-dealkylation sites (N-methyl/N-ethyl adjacent to an activating group) is 1. The van der Waals surface area contributed by atoms with Crippen molar-refractivity contribution >= 4 is 34.3 Å². The van der Waals surface area contributed by atoms with Crippen LogP contribution in [0.15, 0.2) is 152 Å². The predicted molar refractivity (Wildman–Crippen MR) is 284 cm³/mol. The summed E-state index contributed by atoms with van der Waals surface area (Å²) in [4.78, 5) is 23.4. The van der Waals surface area contributed by atoms with Gasteiger partial charge in [-0.05, 0) is 79.7 Å². The molecule has 0 unspecified atom stereocenters. The molecule has 75 heavy (non-hydrogen) atoms. The summed E-state index contributed by atoms with van der Waals surface area (Å²) in [5, 5.41) is 17.3. The number of ether oxygens (including phenoxy) is 4. The monoisotopic (exact) mass is 1010 g/mol. The quantitative estimate of drug-likeness (QED) is 0.0774. The van der Waals surface area contributed by atoms with E-state index in [2.05, 4.69) is 33.8 Å². The van der Waals surface area contributed by atoms with Crippen LogP contribution in [0.5, 0.6) is 34.5 Å². The Morgan fingerprint density at radius 1 is 0.640 bits per heavy atom. The number of fused-ring (bicyclic) bond motifs is 1. The van der Waals surface area contributed by atoms with Crippen LogP contribution in [0, 0.1) is 18.2 Å². The van der Waals surface area contributed by atoms with Crippen molar-refractivity contribution in [2.45, 2.75) is 52.7 Å². The molecule has 384 valence electrons. The molecule has 0 aliphatic heterocycles. The van der Waals surface area contributed by atoms with Crippen LogP contribution in [0.2, 0.25) is 0 Å². The molecule has 9 rings (SSSR count). The number of rotatable bonds is 16. The number of benzene rings is 6. The normalized spacial score (nSPS) is 10.9. The lowest BCUT2D eigenvalue weighted by Gasteiger charge is -2.11. The Hall–Kier alpha value is -9.34. The zero-order valence-corrected chi connectivity index (χ0v) is 42.2. The van der Waals surface area contributed by atoms with Gasteiger partial charge in [0.25, 0.3) is 5.82 Å². The lowest BCUT2D eigenvalue weighted by Crippen LogP contribution is -2.20. The predicted octanol–water partition coefficient (Wildman–Crippen LogP) is 12.3. The highest BCUT2D eigenvalue weighted by Crippen LogP contribution is 2.35. The molecule has 16 nitrogen and oxygen atoms in total. The number of anilines is 2. The molecule has 0 atom stereocenters. The third kappa shape index (κ3) is 14.4. The molecule has 0 spiro atoms. The third-order valence-electron chi connectivity index (χ3n) is 10.9. The molecule has 0 aliphatic carbocycles. The molecular weight excluding hydrogens is 959 g/mol. The smallest absolute Gasteiger partial charge is 0.317 e. The molecule has 0 fully saturated rings. The zero-order chi connectivity index (χ0) is 53.6. The van der Waals surface area contributed by atoms with Gasteiger partial charge in [0.05, 0.1) is 29.3 Å². The number of nitrogens with zero attached hydrogens (tertiary/aromatic N) is 8. The topological polar surface area (TPSA) is 195 Å². The highest BCUT2D eigenvalue weighted by molar-refractivity contribution is 5.88.